The smallest absolute Gasteiger partial charge is 0.164 e. The van der Waals surface area contributed by atoms with E-state index in [-0.39, 0.29) is 0 Å². The Morgan fingerprint density at radius 3 is 0.951 bits per heavy atom. The van der Waals surface area contributed by atoms with E-state index in [9.17, 15) is 0 Å². The quantitative estimate of drug-likeness (QED) is 0.152. The van der Waals surface area contributed by atoms with Gasteiger partial charge in [0.25, 0.3) is 0 Å². The zero-order chi connectivity index (χ0) is 53.8. The second-order valence-electron chi connectivity index (χ2n) is 21.2. The highest BCUT2D eigenvalue weighted by Crippen LogP contribution is 2.43. The highest BCUT2D eigenvalue weighted by molar-refractivity contribution is 6.15. The topological polar surface area (TPSA) is 58.4 Å². The summed E-state index contributed by atoms with van der Waals surface area (Å²) in [6.07, 6.45) is 0. The number of hydrogen-bond acceptors (Lipinski definition) is 3. The summed E-state index contributed by atoms with van der Waals surface area (Å²) in [5.74, 6) is 1.87. The summed E-state index contributed by atoms with van der Waals surface area (Å²) in [6.45, 7) is 0. The average Bonchev–Trinajstić information content (AvgIpc) is 2.70. The van der Waals surface area contributed by atoms with Gasteiger partial charge in [-0.3, -0.25) is 0 Å². The maximum absolute atomic E-state index is 5.14. The average molecular weight is 1050 g/mol. The third-order valence-electron chi connectivity index (χ3n) is 16.6. The maximum atomic E-state index is 5.14. The molecule has 0 spiro atoms. The van der Waals surface area contributed by atoms with E-state index in [0.717, 1.165) is 83.7 Å². The number of fused-ring (bicyclic) bond motifs is 12. The fourth-order valence-electron chi connectivity index (χ4n) is 13.0. The van der Waals surface area contributed by atoms with Gasteiger partial charge in [-0.05, 0) is 90.0 Å². The maximum Gasteiger partial charge on any atom is 0.164 e. The minimum Gasteiger partial charge on any atom is -0.309 e. The van der Waals surface area contributed by atoms with Crippen LogP contribution in [-0.4, -0.2) is 33.2 Å². The van der Waals surface area contributed by atoms with Crippen molar-refractivity contribution in [3.05, 3.63) is 285 Å². The van der Waals surface area contributed by atoms with Gasteiger partial charge >= 0.3 is 0 Å². The number of nitrogens with zero attached hydrogens (tertiary/aromatic N) is 7. The molecule has 0 saturated carbocycles. The Labute approximate surface area is 471 Å². The zero-order valence-electron chi connectivity index (χ0n) is 44.3. The second-order valence-corrected chi connectivity index (χ2v) is 21.2. The Morgan fingerprint density at radius 1 is 0.183 bits per heavy atom. The Hall–Kier alpha value is -11.2. The van der Waals surface area contributed by atoms with Crippen LogP contribution in [0.2, 0.25) is 0 Å². The molecule has 0 radical (unpaired) electrons. The summed E-state index contributed by atoms with van der Waals surface area (Å²) < 4.78 is 9.84. The van der Waals surface area contributed by atoms with Gasteiger partial charge < -0.3 is 18.3 Å². The Kier molecular flexibility index (Phi) is 10.2. The summed E-state index contributed by atoms with van der Waals surface area (Å²) in [7, 11) is 0. The van der Waals surface area contributed by atoms with Crippen LogP contribution in [0.3, 0.4) is 0 Å². The van der Waals surface area contributed by atoms with Crippen molar-refractivity contribution in [1.29, 1.82) is 0 Å². The summed E-state index contributed by atoms with van der Waals surface area (Å²) in [5.41, 5.74) is 18.3. The van der Waals surface area contributed by atoms with Crippen molar-refractivity contribution < 1.29 is 0 Å². The van der Waals surface area contributed by atoms with E-state index >= 15 is 0 Å². The van der Waals surface area contributed by atoms with Crippen LogP contribution >= 0.6 is 0 Å². The standard InChI is InChI=1S/C75H47N7/c1-3-20-48(21-4-1)73-76-74(49-22-5-2-6-23-49)78-75(77-73)52-25-19-24-50(44-52)51-38-43-69(81-66-35-16-10-28-57(66)58-29-11-17-36-67(58)81)72(45-51)82-68-37-18-12-31-60(68)62-42-40-54(47-71(62)82)80-65-34-15-9-30-59(65)61-41-39-53(46-70(61)80)79-63-32-13-7-26-55(63)56-27-8-14-33-64(56)79/h1-47H. The van der Waals surface area contributed by atoms with Crippen molar-refractivity contribution in [2.24, 2.45) is 0 Å². The van der Waals surface area contributed by atoms with Gasteiger partial charge in [-0.25, -0.2) is 15.0 Å². The van der Waals surface area contributed by atoms with Crippen LogP contribution in [0, 0.1) is 0 Å². The van der Waals surface area contributed by atoms with Crippen LogP contribution in [0.1, 0.15) is 0 Å². The lowest BCUT2D eigenvalue weighted by molar-refractivity contribution is 1.07. The molecule has 5 heterocycles. The van der Waals surface area contributed by atoms with E-state index < -0.39 is 0 Å². The highest BCUT2D eigenvalue weighted by Gasteiger charge is 2.23. The molecule has 0 unspecified atom stereocenters. The van der Waals surface area contributed by atoms with Crippen LogP contribution < -0.4 is 0 Å². The first-order valence-electron chi connectivity index (χ1n) is 27.8. The molecule has 82 heavy (non-hydrogen) atoms. The van der Waals surface area contributed by atoms with Crippen molar-refractivity contribution >= 4 is 87.2 Å². The van der Waals surface area contributed by atoms with Crippen molar-refractivity contribution in [1.82, 2.24) is 33.2 Å². The van der Waals surface area contributed by atoms with Gasteiger partial charge in [0, 0.05) is 71.2 Å². The van der Waals surface area contributed by atoms with E-state index in [4.69, 9.17) is 15.0 Å². The Morgan fingerprint density at radius 2 is 0.500 bits per heavy atom. The van der Waals surface area contributed by atoms with Crippen molar-refractivity contribution in [3.8, 4) is 68.0 Å². The summed E-state index contributed by atoms with van der Waals surface area (Å²) in [5, 5.41) is 9.66. The number of rotatable bonds is 8. The molecular formula is C75H47N7. The van der Waals surface area contributed by atoms with E-state index in [0.29, 0.717) is 17.5 Å². The third-order valence-corrected chi connectivity index (χ3v) is 16.6. The molecule has 0 fully saturated rings. The molecule has 5 aromatic heterocycles. The largest absolute Gasteiger partial charge is 0.309 e. The summed E-state index contributed by atoms with van der Waals surface area (Å²) >= 11 is 0. The molecule has 0 aliphatic carbocycles. The van der Waals surface area contributed by atoms with Crippen molar-refractivity contribution in [2.75, 3.05) is 0 Å². The Bertz CT molecular complexity index is 5250. The van der Waals surface area contributed by atoms with E-state index in [1.807, 2.05) is 36.4 Å². The number of para-hydroxylation sites is 6. The van der Waals surface area contributed by atoms with Gasteiger partial charge in [-0.1, -0.05) is 206 Å². The van der Waals surface area contributed by atoms with E-state index in [1.165, 1.54) is 54.1 Å². The molecule has 0 bridgehead atoms. The molecule has 0 amide bonds. The van der Waals surface area contributed by atoms with E-state index in [1.54, 1.807) is 0 Å². The molecule has 7 heteroatoms. The Balaban J connectivity index is 0.906. The van der Waals surface area contributed by atoms with Gasteiger partial charge in [0.1, 0.15) is 0 Å². The monoisotopic (exact) mass is 1050 g/mol. The molecular weight excluding hydrogens is 999 g/mol. The SMILES string of the molecule is c1ccc(-c2nc(-c3ccccc3)nc(-c3cccc(-c4ccc(-n5c6ccccc6c6ccccc65)c(-n5c6ccccc6c6ccc(-n7c8ccccc8c8ccc(-n9c%10ccccc%10c%10ccccc%109)cc87)cc65)c4)c3)n2)cc1. The second kappa shape index (κ2) is 18.2. The molecule has 17 rings (SSSR count). The first-order valence-corrected chi connectivity index (χ1v) is 27.8. The first kappa shape index (κ1) is 45.8. The molecule has 17 aromatic rings. The van der Waals surface area contributed by atoms with Crippen molar-refractivity contribution in [2.45, 2.75) is 0 Å². The number of aromatic nitrogens is 7. The lowest BCUT2D eigenvalue weighted by Crippen LogP contribution is -2.04. The third kappa shape index (κ3) is 7.06. The lowest BCUT2D eigenvalue weighted by atomic mass is 10.0. The molecule has 7 nitrogen and oxygen atoms in total. The highest BCUT2D eigenvalue weighted by atomic mass is 15.1. The first-order chi connectivity index (χ1) is 40.7. The van der Waals surface area contributed by atoms with Crippen LogP contribution in [0.15, 0.2) is 285 Å². The zero-order valence-corrected chi connectivity index (χ0v) is 44.3. The molecule has 0 saturated heterocycles. The fraction of sp³-hybridized carbons (Fsp3) is 0. The molecule has 12 aromatic carbocycles. The van der Waals surface area contributed by atoms with Crippen LogP contribution in [0.4, 0.5) is 0 Å². The predicted octanol–water partition coefficient (Wildman–Crippen LogP) is 18.9. The summed E-state index contributed by atoms with van der Waals surface area (Å²) in [4.78, 5) is 15.3. The van der Waals surface area contributed by atoms with Crippen LogP contribution in [-0.2, 0) is 0 Å². The van der Waals surface area contributed by atoms with Gasteiger partial charge in [0.2, 0.25) is 0 Å². The lowest BCUT2D eigenvalue weighted by Gasteiger charge is -2.19. The fourth-order valence-corrected chi connectivity index (χ4v) is 13.0. The number of hydrogen-bond donors (Lipinski definition) is 0. The molecule has 0 aliphatic heterocycles. The predicted molar refractivity (Wildman–Crippen MR) is 339 cm³/mol. The van der Waals surface area contributed by atoms with Crippen molar-refractivity contribution in [3.63, 3.8) is 0 Å². The minimum absolute atomic E-state index is 0.610. The minimum atomic E-state index is 0.610. The normalized spacial score (nSPS) is 11.9. The molecule has 382 valence electrons. The number of benzene rings is 12. The molecule has 0 aliphatic rings. The van der Waals surface area contributed by atoms with Crippen LogP contribution in [0.5, 0.6) is 0 Å². The molecule has 0 N–H and O–H groups in total. The summed E-state index contributed by atoms with van der Waals surface area (Å²) in [6, 6.07) is 103. The molecule has 0 atom stereocenters. The van der Waals surface area contributed by atoms with Gasteiger partial charge in [-0.15, -0.1) is 0 Å². The van der Waals surface area contributed by atoms with Gasteiger partial charge in [0.15, 0.2) is 17.5 Å². The van der Waals surface area contributed by atoms with Gasteiger partial charge in [-0.2, -0.15) is 0 Å². The van der Waals surface area contributed by atoms with E-state index in [2.05, 4.69) is 267 Å². The van der Waals surface area contributed by atoms with Gasteiger partial charge in [0.05, 0.1) is 55.5 Å². The van der Waals surface area contributed by atoms with Crippen LogP contribution in [0.25, 0.3) is 155 Å².